The van der Waals surface area contributed by atoms with Gasteiger partial charge in [0.05, 0.1) is 24.5 Å². The molecule has 4 aromatic rings. The summed E-state index contributed by atoms with van der Waals surface area (Å²) in [4.78, 5) is 32.9. The maximum atomic E-state index is 13.6. The maximum absolute atomic E-state index is 13.6. The molecule has 0 unspecified atom stereocenters. The number of carboxylic acid groups (broad SMARTS) is 1. The number of carbonyl (C=O) groups is 2. The number of para-hydroxylation sites is 1. The molecule has 3 aromatic carbocycles. The van der Waals surface area contributed by atoms with Gasteiger partial charge in [-0.25, -0.2) is 13.9 Å². The number of carboxylic acids is 1. The van der Waals surface area contributed by atoms with Crippen LogP contribution in [0.3, 0.4) is 0 Å². The Bertz CT molecular complexity index is 1480. The maximum Gasteiger partial charge on any atom is 0.332 e. The fourth-order valence-corrected chi connectivity index (χ4v) is 5.18. The van der Waals surface area contributed by atoms with Gasteiger partial charge in [-0.3, -0.25) is 14.7 Å². The number of benzene rings is 3. The second-order valence-corrected chi connectivity index (χ2v) is 10.1. The lowest BCUT2D eigenvalue weighted by molar-refractivity contribution is -0.671. The number of imidazole rings is 1. The van der Waals surface area contributed by atoms with Crippen LogP contribution < -0.4 is 9.88 Å². The molecule has 8 nitrogen and oxygen atoms in total. The summed E-state index contributed by atoms with van der Waals surface area (Å²) in [5.41, 5.74) is 3.77. The molecule has 2 N–H and O–H groups in total. The summed E-state index contributed by atoms with van der Waals surface area (Å²) in [6, 6.07) is 25.9. The van der Waals surface area contributed by atoms with Crippen molar-refractivity contribution >= 4 is 23.3 Å². The third kappa shape index (κ3) is 6.52. The van der Waals surface area contributed by atoms with Crippen LogP contribution in [0.5, 0.6) is 0 Å². The molecule has 1 aromatic heterocycles. The SMILES string of the molecule is C[n+]1ccn(C[C@H](N=C(c2ccccc2)c2ccccc2NC(=O)[C@@H]2CCCN2Cc2ccccc2)C(=O)O)c1. The van der Waals surface area contributed by atoms with Crippen LogP contribution in [0.25, 0.3) is 0 Å². The van der Waals surface area contributed by atoms with E-state index in [0.717, 1.165) is 31.5 Å². The monoisotopic (exact) mass is 536 g/mol. The van der Waals surface area contributed by atoms with Crippen LogP contribution in [0.2, 0.25) is 0 Å². The lowest BCUT2D eigenvalue weighted by Gasteiger charge is -2.24. The number of aromatic nitrogens is 2. The molecule has 8 heteroatoms. The van der Waals surface area contributed by atoms with Gasteiger partial charge < -0.3 is 10.4 Å². The van der Waals surface area contributed by atoms with E-state index in [1.54, 1.807) is 4.57 Å². The molecule has 1 saturated heterocycles. The van der Waals surface area contributed by atoms with E-state index < -0.39 is 12.0 Å². The first kappa shape index (κ1) is 27.0. The Morgan fingerprint density at radius 2 is 1.73 bits per heavy atom. The number of hydrogen-bond donors (Lipinski definition) is 2. The lowest BCUT2D eigenvalue weighted by atomic mass is 9.99. The smallest absolute Gasteiger partial charge is 0.332 e. The number of amides is 1. The summed E-state index contributed by atoms with van der Waals surface area (Å²) >= 11 is 0. The Morgan fingerprint density at radius 1 is 1.02 bits per heavy atom. The molecule has 1 aliphatic heterocycles. The molecule has 1 amide bonds. The normalized spacial score (nSPS) is 16.5. The van der Waals surface area contributed by atoms with E-state index in [2.05, 4.69) is 22.3 Å². The number of rotatable bonds is 10. The highest BCUT2D eigenvalue weighted by atomic mass is 16.4. The van der Waals surface area contributed by atoms with Crippen molar-refractivity contribution in [1.82, 2.24) is 9.47 Å². The summed E-state index contributed by atoms with van der Waals surface area (Å²) in [6.45, 7) is 1.76. The van der Waals surface area contributed by atoms with Crippen molar-refractivity contribution in [2.24, 2.45) is 12.0 Å². The molecule has 1 fully saturated rings. The number of hydrogen-bond acceptors (Lipinski definition) is 4. The van der Waals surface area contributed by atoms with Crippen LogP contribution in [-0.4, -0.2) is 50.8 Å². The van der Waals surface area contributed by atoms with Gasteiger partial charge in [-0.15, -0.1) is 0 Å². The molecule has 0 spiro atoms. The highest BCUT2D eigenvalue weighted by Gasteiger charge is 2.31. The number of likely N-dealkylation sites (tertiary alicyclic amines) is 1. The summed E-state index contributed by atoms with van der Waals surface area (Å²) in [5.74, 6) is -1.09. The van der Waals surface area contributed by atoms with E-state index in [9.17, 15) is 14.7 Å². The fraction of sp³-hybridized carbons (Fsp3) is 0.250. The predicted molar refractivity (Wildman–Crippen MR) is 154 cm³/mol. The Morgan fingerprint density at radius 3 is 2.42 bits per heavy atom. The minimum atomic E-state index is -1.03. The second kappa shape index (κ2) is 12.5. The number of anilines is 1. The van der Waals surface area contributed by atoms with Crippen LogP contribution in [0, 0.1) is 0 Å². The zero-order chi connectivity index (χ0) is 27.9. The molecule has 0 saturated carbocycles. The largest absolute Gasteiger partial charge is 0.480 e. The van der Waals surface area contributed by atoms with Gasteiger partial charge in [0.2, 0.25) is 12.2 Å². The van der Waals surface area contributed by atoms with Crippen molar-refractivity contribution in [3.8, 4) is 0 Å². The van der Waals surface area contributed by atoms with Gasteiger partial charge >= 0.3 is 5.97 Å². The minimum Gasteiger partial charge on any atom is -0.480 e. The highest BCUT2D eigenvalue weighted by molar-refractivity contribution is 6.17. The number of aliphatic imine (C=N–C) groups is 1. The zero-order valence-corrected chi connectivity index (χ0v) is 22.6. The van der Waals surface area contributed by atoms with Crippen LogP contribution in [-0.2, 0) is 29.7 Å². The van der Waals surface area contributed by atoms with E-state index in [1.165, 1.54) is 5.56 Å². The molecule has 5 rings (SSSR count). The Balaban J connectivity index is 1.45. The van der Waals surface area contributed by atoms with E-state index in [1.807, 2.05) is 103 Å². The van der Waals surface area contributed by atoms with E-state index in [-0.39, 0.29) is 18.5 Å². The molecule has 1 aliphatic rings. The Hall–Kier alpha value is -4.56. The molecule has 0 aliphatic carbocycles. The van der Waals surface area contributed by atoms with E-state index >= 15 is 0 Å². The average molecular weight is 537 g/mol. The van der Waals surface area contributed by atoms with Gasteiger partial charge in [0.25, 0.3) is 0 Å². The molecule has 204 valence electrons. The average Bonchev–Trinajstić information content (AvgIpc) is 3.61. The van der Waals surface area contributed by atoms with Gasteiger partial charge in [0, 0.05) is 17.7 Å². The minimum absolute atomic E-state index is 0.0667. The van der Waals surface area contributed by atoms with Crippen LogP contribution in [0.1, 0.15) is 29.5 Å². The standard InChI is InChI=1S/C32H33N5O3/c1-35-19-20-36(23-35)22-28(32(39)40)33-30(25-13-6-3-7-14-25)26-15-8-9-16-27(26)34-31(38)29-17-10-18-37(29)21-24-11-4-2-5-12-24/h2-9,11-16,19-20,23,28-29H,10,17-18,21-22H2,1H3,(H-,33,34,38,39,40)/p+1/t28-,29-/m0/s1. The van der Waals surface area contributed by atoms with Crippen LogP contribution >= 0.6 is 0 Å². The molecule has 2 heterocycles. The Kier molecular flexibility index (Phi) is 8.47. The zero-order valence-electron chi connectivity index (χ0n) is 22.6. The quantitative estimate of drug-likeness (QED) is 0.238. The number of aryl methyl sites for hydroxylation is 1. The Labute approximate surface area is 234 Å². The summed E-state index contributed by atoms with van der Waals surface area (Å²) < 4.78 is 3.66. The van der Waals surface area contributed by atoms with Crippen molar-refractivity contribution in [2.45, 2.75) is 38.0 Å². The third-order valence-corrected chi connectivity index (χ3v) is 7.16. The molecular weight excluding hydrogens is 502 g/mol. The topological polar surface area (TPSA) is 90.8 Å². The van der Waals surface area contributed by atoms with E-state index in [0.29, 0.717) is 17.0 Å². The van der Waals surface area contributed by atoms with Crippen molar-refractivity contribution in [1.29, 1.82) is 0 Å². The number of nitrogens with zero attached hydrogens (tertiary/aromatic N) is 4. The summed E-state index contributed by atoms with van der Waals surface area (Å²) in [5, 5.41) is 13.2. The molecule has 40 heavy (non-hydrogen) atoms. The van der Waals surface area contributed by atoms with Gasteiger partial charge in [-0.1, -0.05) is 78.9 Å². The van der Waals surface area contributed by atoms with Gasteiger partial charge in [-0.2, -0.15) is 0 Å². The first-order valence-corrected chi connectivity index (χ1v) is 13.5. The van der Waals surface area contributed by atoms with Gasteiger partial charge in [0.1, 0.15) is 18.9 Å². The van der Waals surface area contributed by atoms with Gasteiger partial charge in [0.15, 0.2) is 6.04 Å². The summed E-state index contributed by atoms with van der Waals surface area (Å²) in [6.07, 6.45) is 7.25. The van der Waals surface area contributed by atoms with Crippen LogP contribution in [0.15, 0.2) is 109 Å². The summed E-state index contributed by atoms with van der Waals surface area (Å²) in [7, 11) is 1.88. The number of nitrogens with one attached hydrogen (secondary N) is 1. The first-order chi connectivity index (χ1) is 19.5. The van der Waals surface area contributed by atoms with Gasteiger partial charge in [-0.05, 0) is 31.0 Å². The first-order valence-electron chi connectivity index (χ1n) is 13.5. The van der Waals surface area contributed by atoms with Crippen LogP contribution in [0.4, 0.5) is 5.69 Å². The molecule has 0 radical (unpaired) electrons. The number of aliphatic carboxylic acids is 1. The number of carbonyl (C=O) groups excluding carboxylic acids is 1. The highest BCUT2D eigenvalue weighted by Crippen LogP contribution is 2.25. The van der Waals surface area contributed by atoms with E-state index in [4.69, 9.17) is 4.99 Å². The third-order valence-electron chi connectivity index (χ3n) is 7.16. The molecular formula is C32H34N5O3+. The van der Waals surface area contributed by atoms with Crippen molar-refractivity contribution < 1.29 is 19.3 Å². The lowest BCUT2D eigenvalue weighted by Crippen LogP contribution is -2.39. The second-order valence-electron chi connectivity index (χ2n) is 10.1. The van der Waals surface area contributed by atoms with Crippen molar-refractivity contribution in [3.63, 3.8) is 0 Å². The van der Waals surface area contributed by atoms with Crippen molar-refractivity contribution in [2.75, 3.05) is 11.9 Å². The molecule has 0 bridgehead atoms. The predicted octanol–water partition coefficient (Wildman–Crippen LogP) is 3.91. The molecule has 2 atom stereocenters. The fourth-order valence-electron chi connectivity index (χ4n) is 5.18. The van der Waals surface area contributed by atoms with Crippen molar-refractivity contribution in [3.05, 3.63) is 120 Å².